The number of carbonyl (C=O) groups is 2. The zero-order valence-electron chi connectivity index (χ0n) is 22.6. The molecule has 5 nitrogen and oxygen atoms in total. The van der Waals surface area contributed by atoms with Crippen molar-refractivity contribution in [2.45, 2.75) is 110 Å². The Hall–Kier alpha value is -1.36. The van der Waals surface area contributed by atoms with E-state index in [0.717, 1.165) is 42.1 Å². The van der Waals surface area contributed by atoms with Gasteiger partial charge in [0.2, 0.25) is 0 Å². The molecule has 5 heteroatoms. The number of hydrogen-bond acceptors (Lipinski definition) is 4. The third kappa shape index (κ3) is 4.08. The average Bonchev–Trinajstić information content (AvgIpc) is 3.37. The fourth-order valence-electron chi connectivity index (χ4n) is 10.3. The molecule has 1 heterocycles. The molecule has 0 unspecified atom stereocenters. The van der Waals surface area contributed by atoms with Crippen molar-refractivity contribution in [3.63, 3.8) is 0 Å². The molecule has 4 aliphatic carbocycles. The maximum Gasteiger partial charge on any atom is 0.303 e. The minimum atomic E-state index is -0.132. The van der Waals surface area contributed by atoms with E-state index in [1.807, 2.05) is 0 Å². The molecule has 0 bridgehead atoms. The highest BCUT2D eigenvalue weighted by atomic mass is 16.5. The molecule has 196 valence electrons. The first kappa shape index (κ1) is 25.3. The lowest BCUT2D eigenvalue weighted by Gasteiger charge is -2.60. The molecule has 5 rings (SSSR count). The van der Waals surface area contributed by atoms with Crippen molar-refractivity contribution < 1.29 is 23.5 Å². The topological polar surface area (TPSA) is 52.6 Å². The summed E-state index contributed by atoms with van der Waals surface area (Å²) in [5, 5.41) is 0. The van der Waals surface area contributed by atoms with Gasteiger partial charge >= 0.3 is 11.9 Å². The van der Waals surface area contributed by atoms with Crippen LogP contribution in [0.1, 0.15) is 91.9 Å². The molecular weight excluding hydrogens is 438 g/mol. The van der Waals surface area contributed by atoms with E-state index < -0.39 is 0 Å². The summed E-state index contributed by atoms with van der Waals surface area (Å²) < 4.78 is 13.0. The first-order valence-corrected chi connectivity index (χ1v) is 14.4. The van der Waals surface area contributed by atoms with Gasteiger partial charge in [0.1, 0.15) is 12.1 Å². The van der Waals surface area contributed by atoms with Crippen molar-refractivity contribution in [2.24, 2.45) is 34.5 Å². The van der Waals surface area contributed by atoms with E-state index >= 15 is 0 Å². The second-order valence-electron chi connectivity index (χ2n) is 13.4. The van der Waals surface area contributed by atoms with Gasteiger partial charge in [0.05, 0.1) is 19.6 Å². The lowest BCUT2D eigenvalue weighted by molar-refractivity contribution is -0.937. The molecule has 0 radical (unpaired) electrons. The van der Waals surface area contributed by atoms with E-state index in [-0.39, 0.29) is 29.6 Å². The second kappa shape index (κ2) is 9.19. The van der Waals surface area contributed by atoms with Gasteiger partial charge in [-0.3, -0.25) is 9.59 Å². The van der Waals surface area contributed by atoms with Gasteiger partial charge in [-0.25, -0.2) is 0 Å². The molecule has 4 saturated carbocycles. The Labute approximate surface area is 212 Å². The predicted octanol–water partition coefficient (Wildman–Crippen LogP) is 5.67. The van der Waals surface area contributed by atoms with Gasteiger partial charge in [0, 0.05) is 38.5 Å². The number of ether oxygens (including phenoxy) is 2. The Morgan fingerprint density at radius 1 is 0.914 bits per heavy atom. The molecule has 0 N–H and O–H groups in total. The van der Waals surface area contributed by atoms with E-state index in [4.69, 9.17) is 9.47 Å². The lowest BCUT2D eigenvalue weighted by atomic mass is 9.45. The number of fused-ring (bicyclic) bond motifs is 5. The van der Waals surface area contributed by atoms with E-state index in [9.17, 15) is 9.59 Å². The van der Waals surface area contributed by atoms with Gasteiger partial charge in [-0.1, -0.05) is 20.4 Å². The lowest BCUT2D eigenvalue weighted by Crippen LogP contribution is -2.59. The molecule has 9 atom stereocenters. The molecule has 0 aromatic carbocycles. The second-order valence-corrected chi connectivity index (χ2v) is 13.4. The summed E-state index contributed by atoms with van der Waals surface area (Å²) in [5.74, 6) is 2.49. The maximum atomic E-state index is 12.4. The van der Waals surface area contributed by atoms with Crippen molar-refractivity contribution in [1.82, 2.24) is 0 Å². The summed E-state index contributed by atoms with van der Waals surface area (Å²) in [5.41, 5.74) is 0.418. The van der Waals surface area contributed by atoms with Crippen LogP contribution in [0.2, 0.25) is 0 Å². The van der Waals surface area contributed by atoms with E-state index in [1.54, 1.807) is 13.8 Å². The molecule has 0 spiro atoms. The quantitative estimate of drug-likeness (QED) is 0.286. The van der Waals surface area contributed by atoms with Crippen molar-refractivity contribution in [3.8, 4) is 0 Å². The van der Waals surface area contributed by atoms with Gasteiger partial charge < -0.3 is 14.0 Å². The molecule has 0 amide bonds. The first-order chi connectivity index (χ1) is 16.6. The van der Waals surface area contributed by atoms with E-state index in [1.165, 1.54) is 58.0 Å². The van der Waals surface area contributed by atoms with Crippen LogP contribution in [0.5, 0.6) is 0 Å². The van der Waals surface area contributed by atoms with Gasteiger partial charge in [-0.05, 0) is 80.1 Å². The first-order valence-electron chi connectivity index (χ1n) is 14.4. The summed E-state index contributed by atoms with van der Waals surface area (Å²) in [6.07, 6.45) is 14.1. The van der Waals surface area contributed by atoms with Crippen LogP contribution >= 0.6 is 0 Å². The van der Waals surface area contributed by atoms with Crippen molar-refractivity contribution in [2.75, 3.05) is 19.6 Å². The summed E-state index contributed by atoms with van der Waals surface area (Å²) in [4.78, 5) is 24.0. The molecule has 1 saturated heterocycles. The summed E-state index contributed by atoms with van der Waals surface area (Å²) in [7, 11) is 0. The Bertz CT molecular complexity index is 849. The van der Waals surface area contributed by atoms with Crippen molar-refractivity contribution in [1.29, 1.82) is 0 Å². The van der Waals surface area contributed by atoms with Crippen molar-refractivity contribution in [3.05, 3.63) is 12.7 Å². The van der Waals surface area contributed by atoms with E-state index in [2.05, 4.69) is 26.5 Å². The minimum Gasteiger partial charge on any atom is -0.463 e. The fraction of sp³-hybridized carbons (Fsp3) is 0.867. The Morgan fingerprint density at radius 2 is 1.60 bits per heavy atom. The van der Waals surface area contributed by atoms with Gasteiger partial charge in [0.15, 0.2) is 6.10 Å². The third-order valence-electron chi connectivity index (χ3n) is 11.8. The van der Waals surface area contributed by atoms with Crippen LogP contribution in [0.3, 0.4) is 0 Å². The zero-order valence-corrected chi connectivity index (χ0v) is 22.6. The van der Waals surface area contributed by atoms with Crippen LogP contribution in [-0.4, -0.2) is 54.3 Å². The van der Waals surface area contributed by atoms with Crippen LogP contribution in [0.15, 0.2) is 12.7 Å². The molecule has 5 fully saturated rings. The normalized spacial score (nSPS) is 46.1. The van der Waals surface area contributed by atoms with Crippen LogP contribution in [0.25, 0.3) is 0 Å². The van der Waals surface area contributed by atoms with E-state index in [0.29, 0.717) is 23.3 Å². The fourth-order valence-corrected chi connectivity index (χ4v) is 10.3. The zero-order chi connectivity index (χ0) is 25.0. The molecule has 5 aliphatic rings. The summed E-state index contributed by atoms with van der Waals surface area (Å²) in [6.45, 7) is 15.7. The number of rotatable bonds is 5. The maximum absolute atomic E-state index is 12.4. The van der Waals surface area contributed by atoms with Crippen LogP contribution in [0, 0.1) is 34.5 Å². The molecule has 35 heavy (non-hydrogen) atoms. The number of hydrogen-bond donors (Lipinski definition) is 0. The highest BCUT2D eigenvalue weighted by Crippen LogP contribution is 2.67. The van der Waals surface area contributed by atoms with Crippen LogP contribution < -0.4 is 0 Å². The standard InChI is InChI=1S/C30H48NO4/c1-6-15-31(16-7-8-17-31)27-19-26-24-10-9-22-18-23(34-20(2)32)11-13-29(22,4)25(24)12-14-30(26,5)28(27)35-21(3)33/h6,22-28H,1,7-19H2,2-5H3/q+1/t22-,23-,24+,25-,26-,27-,28-,29-,30-/m0/s1. The summed E-state index contributed by atoms with van der Waals surface area (Å²) >= 11 is 0. The number of likely N-dealkylation sites (tertiary alicyclic amines) is 1. The predicted molar refractivity (Wildman–Crippen MR) is 136 cm³/mol. The SMILES string of the molecule is C=CC[N+]1([C@H]2C[C@H]3[C@@H]4CC[C@H]5C[C@@H](OC(C)=O)CC[C@]5(C)[C@H]4CC[C@]3(C)[C@H]2OC(C)=O)CCCC1. The Kier molecular flexibility index (Phi) is 6.64. The van der Waals surface area contributed by atoms with Gasteiger partial charge in [-0.2, -0.15) is 0 Å². The van der Waals surface area contributed by atoms with Crippen LogP contribution in [-0.2, 0) is 19.1 Å². The molecule has 0 aromatic rings. The average molecular weight is 487 g/mol. The number of esters is 2. The number of quaternary nitrogens is 1. The molecule has 0 aromatic heterocycles. The van der Waals surface area contributed by atoms with Gasteiger partial charge in [0.25, 0.3) is 0 Å². The number of nitrogens with zero attached hydrogens (tertiary/aromatic N) is 1. The van der Waals surface area contributed by atoms with Crippen molar-refractivity contribution >= 4 is 11.9 Å². The molecular formula is C30H48NO4+. The molecule has 1 aliphatic heterocycles. The monoisotopic (exact) mass is 486 g/mol. The van der Waals surface area contributed by atoms with Crippen LogP contribution in [0.4, 0.5) is 0 Å². The van der Waals surface area contributed by atoms with Gasteiger partial charge in [-0.15, -0.1) is 0 Å². The largest absolute Gasteiger partial charge is 0.463 e. The Balaban J connectivity index is 1.43. The minimum absolute atomic E-state index is 0.0224. The Morgan fingerprint density at radius 3 is 2.26 bits per heavy atom. The third-order valence-corrected chi connectivity index (χ3v) is 11.8. The highest BCUT2D eigenvalue weighted by Gasteiger charge is 2.67. The number of carbonyl (C=O) groups excluding carboxylic acids is 2. The summed E-state index contributed by atoms with van der Waals surface area (Å²) in [6, 6.07) is 0.401. The smallest absolute Gasteiger partial charge is 0.303 e. The highest BCUT2D eigenvalue weighted by molar-refractivity contribution is 5.66.